The third-order valence-electron chi connectivity index (χ3n) is 6.15. The minimum atomic E-state index is -0.597. The largest absolute Gasteiger partial charge is 0.352 e. The first-order valence-electron chi connectivity index (χ1n) is 11.3. The zero-order valence-electron chi connectivity index (χ0n) is 18.3. The van der Waals surface area contributed by atoms with Crippen molar-refractivity contribution in [2.24, 2.45) is 0 Å². The van der Waals surface area contributed by atoms with E-state index in [4.69, 9.17) is 0 Å². The maximum Gasteiger partial charge on any atom is 0.312 e. The van der Waals surface area contributed by atoms with E-state index >= 15 is 0 Å². The Morgan fingerprint density at radius 3 is 1.91 bits per heavy atom. The highest BCUT2D eigenvalue weighted by molar-refractivity contribution is 6.35. The third-order valence-corrected chi connectivity index (χ3v) is 6.15. The summed E-state index contributed by atoms with van der Waals surface area (Å²) < 4.78 is 0. The zero-order chi connectivity index (χ0) is 22.3. The Kier molecular flexibility index (Phi) is 7.17. The van der Waals surface area contributed by atoms with Crippen LogP contribution in [-0.4, -0.2) is 71.2 Å². The monoisotopic (exact) mass is 434 g/mol. The molecule has 2 fully saturated rings. The number of carbonyl (C=O) groups is 3. The topological polar surface area (TPSA) is 73.0 Å². The van der Waals surface area contributed by atoms with Crippen molar-refractivity contribution in [1.29, 1.82) is 0 Å². The molecule has 2 saturated heterocycles. The summed E-state index contributed by atoms with van der Waals surface area (Å²) in [6.45, 7) is 3.93. The van der Waals surface area contributed by atoms with Crippen LogP contribution in [0.2, 0.25) is 0 Å². The SMILES string of the molecule is O=C(CN1CCN(Cc2ccccc2)C(=O)C1=O)NC1CCN(Cc2ccccc2)CC1. The van der Waals surface area contributed by atoms with Gasteiger partial charge in [-0.15, -0.1) is 0 Å². The van der Waals surface area contributed by atoms with Crippen molar-refractivity contribution in [2.45, 2.75) is 32.0 Å². The van der Waals surface area contributed by atoms with Gasteiger partial charge in [-0.2, -0.15) is 0 Å². The van der Waals surface area contributed by atoms with Gasteiger partial charge in [-0.25, -0.2) is 0 Å². The lowest BCUT2D eigenvalue weighted by atomic mass is 10.0. The molecule has 2 heterocycles. The number of likely N-dealkylation sites (tertiary alicyclic amines) is 1. The zero-order valence-corrected chi connectivity index (χ0v) is 18.3. The van der Waals surface area contributed by atoms with Gasteiger partial charge in [0.2, 0.25) is 5.91 Å². The molecule has 0 atom stereocenters. The molecule has 2 aromatic carbocycles. The molecule has 4 rings (SSSR count). The Morgan fingerprint density at radius 2 is 1.28 bits per heavy atom. The standard InChI is InChI=1S/C25H30N4O3/c30-23(26-22-11-13-27(14-12-22)17-20-7-3-1-4-8-20)19-29-16-15-28(24(31)25(29)32)18-21-9-5-2-6-10-21/h1-10,22H,11-19H2,(H,26,30). The molecule has 32 heavy (non-hydrogen) atoms. The molecule has 0 bridgehead atoms. The maximum absolute atomic E-state index is 12.5. The molecule has 0 radical (unpaired) electrons. The van der Waals surface area contributed by atoms with Crippen LogP contribution in [0.25, 0.3) is 0 Å². The summed E-state index contributed by atoms with van der Waals surface area (Å²) in [7, 11) is 0. The fourth-order valence-corrected chi connectivity index (χ4v) is 4.34. The van der Waals surface area contributed by atoms with E-state index in [1.54, 1.807) is 4.90 Å². The lowest BCUT2D eigenvalue weighted by Gasteiger charge is -2.35. The highest BCUT2D eigenvalue weighted by Gasteiger charge is 2.33. The molecule has 0 aliphatic carbocycles. The Morgan fingerprint density at radius 1 is 0.750 bits per heavy atom. The van der Waals surface area contributed by atoms with Gasteiger partial charge in [-0.05, 0) is 24.0 Å². The summed E-state index contributed by atoms with van der Waals surface area (Å²) in [4.78, 5) is 42.9. The van der Waals surface area contributed by atoms with Crippen molar-refractivity contribution < 1.29 is 14.4 Å². The quantitative estimate of drug-likeness (QED) is 0.673. The summed E-state index contributed by atoms with van der Waals surface area (Å²) in [6.07, 6.45) is 1.77. The first-order chi connectivity index (χ1) is 15.6. The Labute approximate surface area is 189 Å². The minimum absolute atomic E-state index is 0.0615. The smallest absolute Gasteiger partial charge is 0.312 e. The maximum atomic E-state index is 12.5. The lowest BCUT2D eigenvalue weighted by molar-refractivity contribution is -0.157. The number of hydrogen-bond donors (Lipinski definition) is 1. The molecule has 0 saturated carbocycles. The van der Waals surface area contributed by atoms with Crippen molar-refractivity contribution in [3.05, 3.63) is 71.8 Å². The number of piperidine rings is 1. The third kappa shape index (κ3) is 5.73. The highest BCUT2D eigenvalue weighted by atomic mass is 16.2. The van der Waals surface area contributed by atoms with E-state index in [0.717, 1.165) is 38.0 Å². The molecule has 0 aromatic heterocycles. The molecule has 0 unspecified atom stereocenters. The summed E-state index contributed by atoms with van der Waals surface area (Å²) >= 11 is 0. The number of rotatable bonds is 7. The van der Waals surface area contributed by atoms with E-state index in [1.165, 1.54) is 10.5 Å². The first kappa shape index (κ1) is 22.0. The van der Waals surface area contributed by atoms with Gasteiger partial charge in [-0.1, -0.05) is 60.7 Å². The van der Waals surface area contributed by atoms with Gasteiger partial charge >= 0.3 is 11.8 Å². The highest BCUT2D eigenvalue weighted by Crippen LogP contribution is 2.14. The number of carbonyl (C=O) groups excluding carboxylic acids is 3. The van der Waals surface area contributed by atoms with Crippen LogP contribution in [-0.2, 0) is 27.5 Å². The van der Waals surface area contributed by atoms with Crippen LogP contribution in [0.4, 0.5) is 0 Å². The van der Waals surface area contributed by atoms with E-state index in [-0.39, 0.29) is 18.5 Å². The van der Waals surface area contributed by atoms with E-state index in [0.29, 0.717) is 19.6 Å². The van der Waals surface area contributed by atoms with Gasteiger partial charge in [0.25, 0.3) is 0 Å². The van der Waals surface area contributed by atoms with Gasteiger partial charge in [0.1, 0.15) is 6.54 Å². The van der Waals surface area contributed by atoms with Crippen molar-refractivity contribution in [1.82, 2.24) is 20.0 Å². The Hall–Kier alpha value is -3.19. The van der Waals surface area contributed by atoms with Gasteiger partial charge in [0.15, 0.2) is 0 Å². The molecule has 2 aliphatic heterocycles. The molecule has 2 aromatic rings. The first-order valence-corrected chi connectivity index (χ1v) is 11.3. The van der Waals surface area contributed by atoms with Crippen LogP contribution in [0.3, 0.4) is 0 Å². The van der Waals surface area contributed by atoms with E-state index in [1.807, 2.05) is 36.4 Å². The molecule has 3 amide bonds. The fraction of sp³-hybridized carbons (Fsp3) is 0.400. The molecule has 1 N–H and O–H groups in total. The summed E-state index contributed by atoms with van der Waals surface area (Å²) in [5.41, 5.74) is 2.28. The van der Waals surface area contributed by atoms with E-state index in [9.17, 15) is 14.4 Å². The summed E-state index contributed by atoms with van der Waals surface area (Å²) in [5, 5.41) is 3.05. The number of hydrogen-bond acceptors (Lipinski definition) is 4. The summed E-state index contributed by atoms with van der Waals surface area (Å²) in [6, 6.07) is 20.1. The molecule has 7 heteroatoms. The van der Waals surface area contributed by atoms with Crippen molar-refractivity contribution in [2.75, 3.05) is 32.7 Å². The second kappa shape index (κ2) is 10.4. The minimum Gasteiger partial charge on any atom is -0.352 e. The lowest BCUT2D eigenvalue weighted by Crippen LogP contribution is -2.56. The molecule has 168 valence electrons. The average Bonchev–Trinajstić information content (AvgIpc) is 2.81. The molecular formula is C25H30N4O3. The van der Waals surface area contributed by atoms with Crippen molar-refractivity contribution in [3.63, 3.8) is 0 Å². The van der Waals surface area contributed by atoms with Crippen LogP contribution in [0.5, 0.6) is 0 Å². The summed E-state index contributed by atoms with van der Waals surface area (Å²) in [5.74, 6) is -1.33. The fourth-order valence-electron chi connectivity index (χ4n) is 4.34. The number of amides is 3. The number of piperazine rings is 1. The van der Waals surface area contributed by atoms with Gasteiger partial charge in [0, 0.05) is 45.3 Å². The van der Waals surface area contributed by atoms with Crippen LogP contribution < -0.4 is 5.32 Å². The number of benzene rings is 2. The Balaban J connectivity index is 1.20. The van der Waals surface area contributed by atoms with Gasteiger partial charge in [-0.3, -0.25) is 19.3 Å². The van der Waals surface area contributed by atoms with Gasteiger partial charge in [0.05, 0.1) is 0 Å². The van der Waals surface area contributed by atoms with Crippen molar-refractivity contribution >= 4 is 17.7 Å². The van der Waals surface area contributed by atoms with E-state index < -0.39 is 11.8 Å². The van der Waals surface area contributed by atoms with E-state index in [2.05, 4.69) is 34.5 Å². The normalized spacial score (nSPS) is 18.1. The van der Waals surface area contributed by atoms with Crippen molar-refractivity contribution in [3.8, 4) is 0 Å². The second-order valence-corrected chi connectivity index (χ2v) is 8.54. The Bertz CT molecular complexity index is 927. The second-order valence-electron chi connectivity index (χ2n) is 8.54. The van der Waals surface area contributed by atoms with Crippen LogP contribution in [0.15, 0.2) is 60.7 Å². The van der Waals surface area contributed by atoms with Crippen LogP contribution >= 0.6 is 0 Å². The molecular weight excluding hydrogens is 404 g/mol. The predicted molar refractivity (Wildman–Crippen MR) is 121 cm³/mol. The number of nitrogens with zero attached hydrogens (tertiary/aromatic N) is 3. The molecule has 0 spiro atoms. The van der Waals surface area contributed by atoms with Crippen LogP contribution in [0.1, 0.15) is 24.0 Å². The average molecular weight is 435 g/mol. The molecule has 2 aliphatic rings. The predicted octanol–water partition coefficient (Wildman–Crippen LogP) is 1.64. The molecule has 7 nitrogen and oxygen atoms in total. The number of nitrogens with one attached hydrogen (secondary N) is 1. The van der Waals surface area contributed by atoms with Crippen LogP contribution in [0, 0.1) is 0 Å². The van der Waals surface area contributed by atoms with Gasteiger partial charge < -0.3 is 15.1 Å².